The Morgan fingerprint density at radius 3 is 2.83 bits per heavy atom. The summed E-state index contributed by atoms with van der Waals surface area (Å²) < 4.78 is 0. The molecule has 18 heavy (non-hydrogen) atoms. The Kier molecular flexibility index (Phi) is 3.77. The van der Waals surface area contributed by atoms with E-state index in [1.54, 1.807) is 6.20 Å². The van der Waals surface area contributed by atoms with Crippen LogP contribution in [0.3, 0.4) is 0 Å². The maximum absolute atomic E-state index is 10.9. The van der Waals surface area contributed by atoms with Gasteiger partial charge in [0.15, 0.2) is 0 Å². The first-order chi connectivity index (χ1) is 8.72. The molecule has 0 saturated heterocycles. The summed E-state index contributed by atoms with van der Waals surface area (Å²) in [5, 5.41) is 9.98. The predicted molar refractivity (Wildman–Crippen MR) is 71.9 cm³/mol. The Hall–Kier alpha value is -2.10. The van der Waals surface area contributed by atoms with Crippen molar-refractivity contribution in [3.63, 3.8) is 0 Å². The zero-order valence-corrected chi connectivity index (χ0v) is 10.3. The fourth-order valence-electron chi connectivity index (χ4n) is 2.07. The summed E-state index contributed by atoms with van der Waals surface area (Å²) in [6.07, 6.45) is 2.63. The smallest absolute Gasteiger partial charge is 0.323 e. The van der Waals surface area contributed by atoms with E-state index in [2.05, 4.69) is 4.98 Å². The SMILES string of the molecule is CCCN(CC(=O)O)c1ccnc2ccccc12. The van der Waals surface area contributed by atoms with Crippen LogP contribution in [0.15, 0.2) is 36.5 Å². The van der Waals surface area contributed by atoms with Gasteiger partial charge < -0.3 is 10.0 Å². The lowest BCUT2D eigenvalue weighted by atomic mass is 10.1. The Labute approximate surface area is 106 Å². The first kappa shape index (κ1) is 12.4. The van der Waals surface area contributed by atoms with E-state index in [1.165, 1.54) is 0 Å². The van der Waals surface area contributed by atoms with Crippen LogP contribution in [0.2, 0.25) is 0 Å². The molecule has 0 aliphatic rings. The molecule has 1 heterocycles. The van der Waals surface area contributed by atoms with Crippen LogP contribution in [-0.2, 0) is 4.79 Å². The van der Waals surface area contributed by atoms with Crippen LogP contribution in [0.5, 0.6) is 0 Å². The minimum atomic E-state index is -0.815. The van der Waals surface area contributed by atoms with Crippen LogP contribution in [-0.4, -0.2) is 29.1 Å². The maximum Gasteiger partial charge on any atom is 0.323 e. The van der Waals surface area contributed by atoms with E-state index in [0.29, 0.717) is 0 Å². The molecule has 2 aromatic rings. The molecule has 0 aliphatic carbocycles. The molecule has 1 aromatic carbocycles. The lowest BCUT2D eigenvalue weighted by molar-refractivity contribution is -0.135. The second-order valence-electron chi connectivity index (χ2n) is 4.16. The Morgan fingerprint density at radius 2 is 2.11 bits per heavy atom. The number of benzene rings is 1. The van der Waals surface area contributed by atoms with Crippen molar-refractivity contribution in [1.82, 2.24) is 4.98 Å². The summed E-state index contributed by atoms with van der Waals surface area (Å²) in [7, 11) is 0. The third-order valence-electron chi connectivity index (χ3n) is 2.79. The van der Waals surface area contributed by atoms with Crippen LogP contribution in [0.1, 0.15) is 13.3 Å². The van der Waals surface area contributed by atoms with Crippen molar-refractivity contribution in [2.45, 2.75) is 13.3 Å². The first-order valence-electron chi connectivity index (χ1n) is 6.03. The van der Waals surface area contributed by atoms with E-state index in [0.717, 1.165) is 29.6 Å². The average Bonchev–Trinajstić information content (AvgIpc) is 2.37. The lowest BCUT2D eigenvalue weighted by Crippen LogP contribution is -2.30. The number of para-hydroxylation sites is 1. The van der Waals surface area contributed by atoms with Crippen molar-refractivity contribution in [1.29, 1.82) is 0 Å². The highest BCUT2D eigenvalue weighted by atomic mass is 16.4. The Balaban J connectivity index is 2.46. The number of carboxylic acids is 1. The molecular formula is C14H16N2O2. The standard InChI is InChI=1S/C14H16N2O2/c1-2-9-16(10-14(17)18)13-7-8-15-12-6-4-3-5-11(12)13/h3-8H,2,9-10H2,1H3,(H,17,18). The van der Waals surface area contributed by atoms with Crippen LogP contribution in [0, 0.1) is 0 Å². The molecule has 0 radical (unpaired) electrons. The van der Waals surface area contributed by atoms with Gasteiger partial charge in [0, 0.05) is 23.8 Å². The summed E-state index contributed by atoms with van der Waals surface area (Å²) in [4.78, 5) is 17.1. The van der Waals surface area contributed by atoms with Crippen LogP contribution in [0.25, 0.3) is 10.9 Å². The van der Waals surface area contributed by atoms with Gasteiger partial charge in [-0.15, -0.1) is 0 Å². The lowest BCUT2D eigenvalue weighted by Gasteiger charge is -2.23. The fraction of sp³-hybridized carbons (Fsp3) is 0.286. The molecule has 0 aliphatic heterocycles. The van der Waals surface area contributed by atoms with Crippen LogP contribution in [0.4, 0.5) is 5.69 Å². The normalized spacial score (nSPS) is 10.5. The van der Waals surface area contributed by atoms with Crippen molar-refractivity contribution >= 4 is 22.6 Å². The van der Waals surface area contributed by atoms with E-state index >= 15 is 0 Å². The van der Waals surface area contributed by atoms with Gasteiger partial charge in [0.1, 0.15) is 6.54 Å². The zero-order valence-electron chi connectivity index (χ0n) is 10.3. The molecule has 0 fully saturated rings. The highest BCUT2D eigenvalue weighted by Crippen LogP contribution is 2.25. The number of anilines is 1. The van der Waals surface area contributed by atoms with E-state index < -0.39 is 5.97 Å². The molecule has 94 valence electrons. The number of hydrogen-bond acceptors (Lipinski definition) is 3. The number of aromatic nitrogens is 1. The van der Waals surface area contributed by atoms with Gasteiger partial charge in [-0.1, -0.05) is 25.1 Å². The Morgan fingerprint density at radius 1 is 1.33 bits per heavy atom. The number of pyridine rings is 1. The van der Waals surface area contributed by atoms with E-state index in [-0.39, 0.29) is 6.54 Å². The average molecular weight is 244 g/mol. The van der Waals surface area contributed by atoms with E-state index in [1.807, 2.05) is 42.2 Å². The molecule has 1 N–H and O–H groups in total. The molecule has 0 unspecified atom stereocenters. The summed E-state index contributed by atoms with van der Waals surface area (Å²) in [6, 6.07) is 9.66. The summed E-state index contributed by atoms with van der Waals surface area (Å²) in [5.74, 6) is -0.815. The molecule has 1 aromatic heterocycles. The summed E-state index contributed by atoms with van der Waals surface area (Å²) in [5.41, 5.74) is 1.83. The topological polar surface area (TPSA) is 53.4 Å². The highest BCUT2D eigenvalue weighted by molar-refractivity contribution is 5.92. The third kappa shape index (κ3) is 2.59. The minimum absolute atomic E-state index is 0.0157. The maximum atomic E-state index is 10.9. The first-order valence-corrected chi connectivity index (χ1v) is 6.03. The number of rotatable bonds is 5. The largest absolute Gasteiger partial charge is 0.480 e. The molecule has 4 heteroatoms. The molecule has 0 spiro atoms. The molecule has 0 saturated carbocycles. The molecule has 4 nitrogen and oxygen atoms in total. The van der Waals surface area contributed by atoms with Crippen molar-refractivity contribution in [3.05, 3.63) is 36.5 Å². The second kappa shape index (κ2) is 5.49. The van der Waals surface area contributed by atoms with Gasteiger partial charge in [-0.2, -0.15) is 0 Å². The predicted octanol–water partition coefficient (Wildman–Crippen LogP) is 2.54. The summed E-state index contributed by atoms with van der Waals surface area (Å²) >= 11 is 0. The van der Waals surface area contributed by atoms with Crippen LogP contribution >= 0.6 is 0 Å². The van der Waals surface area contributed by atoms with E-state index in [9.17, 15) is 4.79 Å². The molecule has 2 rings (SSSR count). The molecular weight excluding hydrogens is 228 g/mol. The number of carbonyl (C=O) groups is 1. The number of nitrogens with zero attached hydrogens (tertiary/aromatic N) is 2. The number of aliphatic carboxylic acids is 1. The summed E-state index contributed by atoms with van der Waals surface area (Å²) in [6.45, 7) is 2.78. The number of carboxylic acid groups (broad SMARTS) is 1. The van der Waals surface area contributed by atoms with E-state index in [4.69, 9.17) is 5.11 Å². The van der Waals surface area contributed by atoms with Crippen molar-refractivity contribution in [3.8, 4) is 0 Å². The van der Waals surface area contributed by atoms with Gasteiger partial charge in [-0.25, -0.2) is 0 Å². The minimum Gasteiger partial charge on any atom is -0.480 e. The van der Waals surface area contributed by atoms with Crippen LogP contribution < -0.4 is 4.90 Å². The van der Waals surface area contributed by atoms with Crippen molar-refractivity contribution in [2.75, 3.05) is 18.0 Å². The number of hydrogen-bond donors (Lipinski definition) is 1. The highest BCUT2D eigenvalue weighted by Gasteiger charge is 2.12. The number of fused-ring (bicyclic) bond motifs is 1. The monoisotopic (exact) mass is 244 g/mol. The molecule has 0 atom stereocenters. The van der Waals surface area contributed by atoms with Gasteiger partial charge in [0.2, 0.25) is 0 Å². The van der Waals surface area contributed by atoms with Crippen molar-refractivity contribution in [2.24, 2.45) is 0 Å². The van der Waals surface area contributed by atoms with Gasteiger partial charge in [0.25, 0.3) is 0 Å². The van der Waals surface area contributed by atoms with Gasteiger partial charge in [0.05, 0.1) is 5.52 Å². The van der Waals surface area contributed by atoms with Gasteiger partial charge >= 0.3 is 5.97 Å². The molecule has 0 bridgehead atoms. The zero-order chi connectivity index (χ0) is 13.0. The quantitative estimate of drug-likeness (QED) is 0.878. The fourth-order valence-corrected chi connectivity index (χ4v) is 2.07. The second-order valence-corrected chi connectivity index (χ2v) is 4.16. The van der Waals surface area contributed by atoms with Crippen molar-refractivity contribution < 1.29 is 9.90 Å². The Bertz CT molecular complexity index is 549. The van der Waals surface area contributed by atoms with Gasteiger partial charge in [-0.05, 0) is 18.6 Å². The van der Waals surface area contributed by atoms with Gasteiger partial charge in [-0.3, -0.25) is 9.78 Å². The third-order valence-corrected chi connectivity index (χ3v) is 2.79. The molecule has 0 amide bonds.